The van der Waals surface area contributed by atoms with E-state index in [2.05, 4.69) is 9.97 Å². The number of aryl methyl sites for hydroxylation is 1. The molecule has 1 aliphatic rings. The highest BCUT2D eigenvalue weighted by Gasteiger charge is 2.40. The van der Waals surface area contributed by atoms with Gasteiger partial charge in [-0.2, -0.15) is 0 Å². The Morgan fingerprint density at radius 3 is 2.91 bits per heavy atom. The van der Waals surface area contributed by atoms with E-state index in [1.165, 1.54) is 0 Å². The van der Waals surface area contributed by atoms with Crippen LogP contribution in [0.1, 0.15) is 24.2 Å². The molecular formula is C8H12N2O. The fraction of sp³-hybridized carbons (Fsp3) is 0.625. The lowest BCUT2D eigenvalue weighted by Gasteiger charge is -2.04. The molecule has 11 heavy (non-hydrogen) atoms. The van der Waals surface area contributed by atoms with Crippen LogP contribution in [0.5, 0.6) is 0 Å². The van der Waals surface area contributed by atoms with Crippen LogP contribution in [0.2, 0.25) is 0 Å². The standard InChI is InChI=1S/C8H12N2O/c1-6-7(10-5-9-6)4-8(11)2-3-8/h5,11H,2-4H2,1H3,(H,9,10). The predicted octanol–water partition coefficient (Wildman–Crippen LogP) is 0.786. The zero-order valence-electron chi connectivity index (χ0n) is 6.59. The van der Waals surface area contributed by atoms with Crippen molar-refractivity contribution >= 4 is 0 Å². The first-order chi connectivity index (χ1) is 5.20. The average molecular weight is 152 g/mol. The first kappa shape index (κ1) is 6.85. The Labute approximate surface area is 65.5 Å². The topological polar surface area (TPSA) is 48.9 Å². The van der Waals surface area contributed by atoms with E-state index in [0.29, 0.717) is 6.42 Å². The van der Waals surface area contributed by atoms with Gasteiger partial charge in [-0.05, 0) is 19.8 Å². The molecule has 0 atom stereocenters. The second-order valence-electron chi connectivity index (χ2n) is 3.38. The molecule has 1 aromatic rings. The number of hydrogen-bond donors (Lipinski definition) is 2. The van der Waals surface area contributed by atoms with Crippen molar-refractivity contribution in [3.63, 3.8) is 0 Å². The second kappa shape index (κ2) is 2.08. The van der Waals surface area contributed by atoms with E-state index < -0.39 is 5.60 Å². The highest BCUT2D eigenvalue weighted by molar-refractivity contribution is 5.14. The van der Waals surface area contributed by atoms with Gasteiger partial charge in [0.15, 0.2) is 0 Å². The van der Waals surface area contributed by atoms with Crippen molar-refractivity contribution in [3.8, 4) is 0 Å². The van der Waals surface area contributed by atoms with Crippen LogP contribution in [0.3, 0.4) is 0 Å². The number of rotatable bonds is 2. The minimum absolute atomic E-state index is 0.417. The summed E-state index contributed by atoms with van der Waals surface area (Å²) in [5.41, 5.74) is 1.66. The fourth-order valence-corrected chi connectivity index (χ4v) is 1.20. The summed E-state index contributed by atoms with van der Waals surface area (Å²) in [4.78, 5) is 7.12. The van der Waals surface area contributed by atoms with Gasteiger partial charge in [-0.1, -0.05) is 0 Å². The maximum Gasteiger partial charge on any atom is 0.0925 e. The van der Waals surface area contributed by atoms with Crippen LogP contribution in [0.15, 0.2) is 6.33 Å². The first-order valence-electron chi connectivity index (χ1n) is 3.91. The van der Waals surface area contributed by atoms with Gasteiger partial charge in [0, 0.05) is 12.1 Å². The van der Waals surface area contributed by atoms with Crippen LogP contribution in [0.4, 0.5) is 0 Å². The Morgan fingerprint density at radius 2 is 2.45 bits per heavy atom. The molecule has 0 unspecified atom stereocenters. The zero-order chi connectivity index (χ0) is 7.90. The highest BCUT2D eigenvalue weighted by Crippen LogP contribution is 2.38. The Bertz CT molecular complexity index is 263. The fourth-order valence-electron chi connectivity index (χ4n) is 1.20. The Balaban J connectivity index is 2.12. The second-order valence-corrected chi connectivity index (χ2v) is 3.38. The van der Waals surface area contributed by atoms with Gasteiger partial charge < -0.3 is 10.1 Å². The van der Waals surface area contributed by atoms with Gasteiger partial charge in [0.25, 0.3) is 0 Å². The minimum atomic E-state index is -0.417. The number of nitrogens with zero attached hydrogens (tertiary/aromatic N) is 1. The molecule has 3 nitrogen and oxygen atoms in total. The van der Waals surface area contributed by atoms with Gasteiger partial charge in [0.2, 0.25) is 0 Å². The molecule has 0 saturated heterocycles. The molecule has 0 aliphatic heterocycles. The van der Waals surface area contributed by atoms with E-state index in [1.807, 2.05) is 6.92 Å². The van der Waals surface area contributed by atoms with E-state index in [4.69, 9.17) is 0 Å². The van der Waals surface area contributed by atoms with E-state index in [9.17, 15) is 5.11 Å². The first-order valence-corrected chi connectivity index (χ1v) is 3.91. The molecule has 2 N–H and O–H groups in total. The third kappa shape index (κ3) is 1.28. The molecule has 0 bridgehead atoms. The van der Waals surface area contributed by atoms with Crippen molar-refractivity contribution in [3.05, 3.63) is 17.7 Å². The molecule has 1 fully saturated rings. The molecule has 0 radical (unpaired) electrons. The van der Waals surface area contributed by atoms with Crippen molar-refractivity contribution in [2.24, 2.45) is 0 Å². The molecule has 2 rings (SSSR count). The van der Waals surface area contributed by atoms with Gasteiger partial charge in [0.05, 0.1) is 17.6 Å². The lowest BCUT2D eigenvalue weighted by Crippen LogP contribution is -2.11. The van der Waals surface area contributed by atoms with Gasteiger partial charge in [-0.25, -0.2) is 4.98 Å². The van der Waals surface area contributed by atoms with Crippen LogP contribution in [-0.4, -0.2) is 20.7 Å². The monoisotopic (exact) mass is 152 g/mol. The van der Waals surface area contributed by atoms with Crippen molar-refractivity contribution in [2.45, 2.75) is 31.8 Å². The molecule has 0 amide bonds. The molecule has 1 saturated carbocycles. The lowest BCUT2D eigenvalue weighted by atomic mass is 10.1. The summed E-state index contributed by atoms with van der Waals surface area (Å²) in [6, 6.07) is 0. The summed E-state index contributed by atoms with van der Waals surface area (Å²) in [6.45, 7) is 1.98. The Morgan fingerprint density at radius 1 is 1.73 bits per heavy atom. The summed E-state index contributed by atoms with van der Waals surface area (Å²) in [5.74, 6) is 0. The van der Waals surface area contributed by atoms with Gasteiger partial charge >= 0.3 is 0 Å². The summed E-state index contributed by atoms with van der Waals surface area (Å²) in [6.07, 6.45) is 4.25. The van der Waals surface area contributed by atoms with E-state index >= 15 is 0 Å². The Hall–Kier alpha value is -0.830. The van der Waals surface area contributed by atoms with Crippen molar-refractivity contribution in [1.82, 2.24) is 9.97 Å². The van der Waals surface area contributed by atoms with Gasteiger partial charge in [-0.3, -0.25) is 0 Å². The molecule has 1 heterocycles. The molecule has 3 heteroatoms. The molecular weight excluding hydrogens is 140 g/mol. The average Bonchev–Trinajstić information content (AvgIpc) is 2.54. The van der Waals surface area contributed by atoms with Crippen molar-refractivity contribution in [1.29, 1.82) is 0 Å². The number of H-pyrrole nitrogens is 1. The van der Waals surface area contributed by atoms with Crippen molar-refractivity contribution in [2.75, 3.05) is 0 Å². The van der Waals surface area contributed by atoms with Crippen LogP contribution in [0, 0.1) is 6.92 Å². The summed E-state index contributed by atoms with van der Waals surface area (Å²) in [7, 11) is 0. The SMILES string of the molecule is Cc1[nH]cnc1CC1(O)CC1. The number of aliphatic hydroxyl groups is 1. The maximum absolute atomic E-state index is 9.57. The molecule has 1 aliphatic carbocycles. The lowest BCUT2D eigenvalue weighted by molar-refractivity contribution is 0.149. The van der Waals surface area contributed by atoms with Crippen LogP contribution >= 0.6 is 0 Å². The van der Waals surface area contributed by atoms with E-state index in [1.54, 1.807) is 6.33 Å². The van der Waals surface area contributed by atoms with Crippen LogP contribution in [-0.2, 0) is 6.42 Å². The number of aromatic nitrogens is 2. The number of hydrogen-bond acceptors (Lipinski definition) is 2. The maximum atomic E-state index is 9.57. The predicted molar refractivity (Wildman–Crippen MR) is 41.2 cm³/mol. The van der Waals surface area contributed by atoms with Gasteiger partial charge in [0.1, 0.15) is 0 Å². The molecule has 60 valence electrons. The summed E-state index contributed by atoms with van der Waals surface area (Å²) < 4.78 is 0. The Kier molecular flexibility index (Phi) is 1.29. The quantitative estimate of drug-likeness (QED) is 0.658. The normalized spacial score (nSPS) is 20.2. The number of imidazole rings is 1. The smallest absolute Gasteiger partial charge is 0.0925 e. The van der Waals surface area contributed by atoms with E-state index in [0.717, 1.165) is 24.2 Å². The molecule has 0 aromatic carbocycles. The van der Waals surface area contributed by atoms with Crippen molar-refractivity contribution < 1.29 is 5.11 Å². The number of aromatic amines is 1. The van der Waals surface area contributed by atoms with Crippen LogP contribution in [0.25, 0.3) is 0 Å². The number of nitrogens with one attached hydrogen (secondary N) is 1. The highest BCUT2D eigenvalue weighted by atomic mass is 16.3. The molecule has 1 aromatic heterocycles. The van der Waals surface area contributed by atoms with Gasteiger partial charge in [-0.15, -0.1) is 0 Å². The van der Waals surface area contributed by atoms with E-state index in [-0.39, 0.29) is 0 Å². The largest absolute Gasteiger partial charge is 0.389 e. The summed E-state index contributed by atoms with van der Waals surface area (Å²) >= 11 is 0. The zero-order valence-corrected chi connectivity index (χ0v) is 6.59. The minimum Gasteiger partial charge on any atom is -0.389 e. The summed E-state index contributed by atoms with van der Waals surface area (Å²) in [5, 5.41) is 9.57. The molecule has 0 spiro atoms. The third-order valence-corrected chi connectivity index (χ3v) is 2.26. The third-order valence-electron chi connectivity index (χ3n) is 2.26. The van der Waals surface area contributed by atoms with Crippen LogP contribution < -0.4 is 0 Å².